The number of nitrogens with one attached hydrogen (secondary N) is 2. The van der Waals surface area contributed by atoms with Gasteiger partial charge in [-0.2, -0.15) is 5.10 Å². The number of hydrogen-bond donors (Lipinski definition) is 2. The van der Waals surface area contributed by atoms with E-state index in [2.05, 4.69) is 22.8 Å². The summed E-state index contributed by atoms with van der Waals surface area (Å²) >= 11 is 1.29. The van der Waals surface area contributed by atoms with Crippen molar-refractivity contribution in [2.24, 2.45) is 11.0 Å². The Balaban J connectivity index is 1.41. The molecule has 2 N–H and O–H groups in total. The second-order valence-corrected chi connectivity index (χ2v) is 10.8. The molecule has 11 nitrogen and oxygen atoms in total. The number of ether oxygens (including phenoxy) is 4. The van der Waals surface area contributed by atoms with E-state index in [1.165, 1.54) is 24.7 Å². The summed E-state index contributed by atoms with van der Waals surface area (Å²) in [4.78, 5) is 51.5. The van der Waals surface area contributed by atoms with Gasteiger partial charge in [0.15, 0.2) is 11.5 Å². The second kappa shape index (κ2) is 14.5. The molecule has 1 aliphatic carbocycles. The third kappa shape index (κ3) is 7.77. The Kier molecular flexibility index (Phi) is 10.5. The van der Waals surface area contributed by atoms with E-state index in [0.717, 1.165) is 23.3 Å². The van der Waals surface area contributed by atoms with Crippen molar-refractivity contribution in [1.29, 1.82) is 0 Å². The average molecular weight is 608 g/mol. The van der Waals surface area contributed by atoms with Crippen LogP contribution in [-0.4, -0.2) is 50.3 Å². The summed E-state index contributed by atoms with van der Waals surface area (Å²) in [5.41, 5.74) is 4.23. The molecule has 2 aromatic carbocycles. The van der Waals surface area contributed by atoms with Crippen molar-refractivity contribution >= 4 is 46.3 Å². The lowest BCUT2D eigenvalue weighted by Gasteiger charge is -2.18. The molecule has 0 saturated heterocycles. The number of carbonyl (C=O) groups excluding carboxylic acids is 4. The zero-order valence-corrected chi connectivity index (χ0v) is 25.2. The molecule has 0 aliphatic heterocycles. The van der Waals surface area contributed by atoms with E-state index in [1.54, 1.807) is 56.3 Å². The molecule has 2 amide bonds. The maximum Gasteiger partial charge on any atom is 0.343 e. The molecular weight excluding hydrogens is 574 g/mol. The minimum absolute atomic E-state index is 0.194. The van der Waals surface area contributed by atoms with Crippen LogP contribution in [0.25, 0.3) is 0 Å². The van der Waals surface area contributed by atoms with Crippen LogP contribution in [0.15, 0.2) is 47.6 Å². The van der Waals surface area contributed by atoms with Gasteiger partial charge >= 0.3 is 23.8 Å². The van der Waals surface area contributed by atoms with Crippen molar-refractivity contribution in [3.8, 4) is 17.2 Å². The first-order valence-corrected chi connectivity index (χ1v) is 14.6. The monoisotopic (exact) mass is 607 g/mol. The van der Waals surface area contributed by atoms with Crippen LogP contribution in [0.5, 0.6) is 17.2 Å². The molecule has 1 unspecified atom stereocenters. The Hall–Kier alpha value is -4.71. The van der Waals surface area contributed by atoms with Crippen molar-refractivity contribution in [3.05, 3.63) is 69.6 Å². The number of hydrazone groups is 1. The van der Waals surface area contributed by atoms with Crippen LogP contribution in [0.4, 0.5) is 5.00 Å². The number of nitrogens with zero attached hydrogens (tertiary/aromatic N) is 1. The van der Waals surface area contributed by atoms with Crippen LogP contribution in [0, 0.1) is 5.92 Å². The molecule has 4 rings (SSSR count). The summed E-state index contributed by atoms with van der Waals surface area (Å²) in [5, 5.41) is 6.73. The van der Waals surface area contributed by atoms with E-state index in [-0.39, 0.29) is 12.4 Å². The fourth-order valence-electron chi connectivity index (χ4n) is 4.48. The summed E-state index contributed by atoms with van der Waals surface area (Å²) < 4.78 is 21.5. The molecule has 226 valence electrons. The molecule has 0 radical (unpaired) electrons. The number of amides is 2. The predicted octanol–water partition coefficient (Wildman–Crippen LogP) is 4.76. The van der Waals surface area contributed by atoms with Gasteiger partial charge in [0.1, 0.15) is 10.8 Å². The molecule has 1 aromatic heterocycles. The quantitative estimate of drug-likeness (QED) is 0.110. The van der Waals surface area contributed by atoms with Crippen LogP contribution in [0.3, 0.4) is 0 Å². The number of fused-ring (bicyclic) bond motifs is 1. The Labute approximate surface area is 253 Å². The lowest BCUT2D eigenvalue weighted by Crippen LogP contribution is -2.32. The minimum Gasteiger partial charge on any atom is -0.497 e. The molecule has 0 bridgehead atoms. The highest BCUT2D eigenvalue weighted by Crippen LogP contribution is 2.40. The highest BCUT2D eigenvalue weighted by Gasteiger charge is 2.30. The Morgan fingerprint density at radius 3 is 2.47 bits per heavy atom. The number of anilines is 1. The number of benzene rings is 2. The van der Waals surface area contributed by atoms with Gasteiger partial charge in [-0.1, -0.05) is 6.92 Å². The summed E-state index contributed by atoms with van der Waals surface area (Å²) in [7, 11) is 1.53. The fraction of sp³-hybridized carbons (Fsp3) is 0.323. The SMILES string of the molecule is CCOC(=O)c1c(NC(=O)C(=O)N/N=C/c2ccc(OC(=O)c3ccc(OC)cc3)c(OCC)c2)sc2c1CCC(C)C2. The molecule has 1 heterocycles. The van der Waals surface area contributed by atoms with E-state index < -0.39 is 23.8 Å². The number of rotatable bonds is 10. The van der Waals surface area contributed by atoms with Gasteiger partial charge in [0, 0.05) is 4.88 Å². The molecular formula is C31H33N3O8S. The fourth-order valence-corrected chi connectivity index (χ4v) is 5.87. The van der Waals surface area contributed by atoms with E-state index >= 15 is 0 Å². The lowest BCUT2D eigenvalue weighted by molar-refractivity contribution is -0.136. The summed E-state index contributed by atoms with van der Waals surface area (Å²) in [6.45, 7) is 6.13. The Morgan fingerprint density at radius 2 is 1.77 bits per heavy atom. The molecule has 1 atom stereocenters. The van der Waals surface area contributed by atoms with Crippen molar-refractivity contribution in [3.63, 3.8) is 0 Å². The highest BCUT2D eigenvalue weighted by molar-refractivity contribution is 7.17. The Bertz CT molecular complexity index is 1530. The van der Waals surface area contributed by atoms with Crippen LogP contribution in [0.2, 0.25) is 0 Å². The maximum atomic E-state index is 12.7. The van der Waals surface area contributed by atoms with E-state index in [9.17, 15) is 19.2 Å². The van der Waals surface area contributed by atoms with Gasteiger partial charge in [-0.3, -0.25) is 9.59 Å². The molecule has 3 aromatic rings. The first-order valence-electron chi connectivity index (χ1n) is 13.8. The first kappa shape index (κ1) is 31.2. The van der Waals surface area contributed by atoms with Crippen molar-refractivity contribution in [2.75, 3.05) is 25.6 Å². The zero-order valence-electron chi connectivity index (χ0n) is 24.4. The number of hydrogen-bond acceptors (Lipinski definition) is 10. The van der Waals surface area contributed by atoms with E-state index in [1.807, 2.05) is 0 Å². The topological polar surface area (TPSA) is 142 Å². The smallest absolute Gasteiger partial charge is 0.343 e. The standard InChI is InChI=1S/C31H33N3O8S/c1-5-40-24-16-19(8-14-23(24)42-30(37)20-9-11-21(39-4)12-10-20)17-32-34-28(36)27(35)33-29-26(31(38)41-6-2)22-13-7-18(3)15-25(22)43-29/h8-12,14,16-18H,5-7,13,15H2,1-4H3,(H,33,35)(H,34,36)/b32-17+. The van der Waals surface area contributed by atoms with Crippen molar-refractivity contribution < 1.29 is 38.1 Å². The highest BCUT2D eigenvalue weighted by atomic mass is 32.1. The van der Waals surface area contributed by atoms with Gasteiger partial charge in [0.25, 0.3) is 0 Å². The van der Waals surface area contributed by atoms with Gasteiger partial charge in [0.05, 0.1) is 37.7 Å². The number of esters is 2. The summed E-state index contributed by atoms with van der Waals surface area (Å²) in [5.74, 6) is -1.51. The maximum absolute atomic E-state index is 12.7. The van der Waals surface area contributed by atoms with Crippen LogP contribution < -0.4 is 25.0 Å². The number of methoxy groups -OCH3 is 1. The van der Waals surface area contributed by atoms with E-state index in [4.69, 9.17) is 18.9 Å². The number of carbonyl (C=O) groups is 4. The van der Waals surface area contributed by atoms with Crippen LogP contribution in [-0.2, 0) is 27.2 Å². The average Bonchev–Trinajstić information content (AvgIpc) is 3.35. The van der Waals surface area contributed by atoms with Crippen molar-refractivity contribution in [2.45, 2.75) is 40.0 Å². The molecule has 1 aliphatic rings. The molecule has 43 heavy (non-hydrogen) atoms. The third-order valence-corrected chi connectivity index (χ3v) is 7.77. The molecule has 0 spiro atoms. The van der Waals surface area contributed by atoms with Gasteiger partial charge in [-0.05, 0) is 92.6 Å². The second-order valence-electron chi connectivity index (χ2n) is 9.69. The van der Waals surface area contributed by atoms with Crippen LogP contribution >= 0.6 is 11.3 Å². The molecule has 12 heteroatoms. The zero-order chi connectivity index (χ0) is 30.9. The first-order chi connectivity index (χ1) is 20.7. The lowest BCUT2D eigenvalue weighted by atomic mass is 9.88. The van der Waals surface area contributed by atoms with Gasteiger partial charge < -0.3 is 24.3 Å². The van der Waals surface area contributed by atoms with E-state index in [0.29, 0.717) is 52.1 Å². The van der Waals surface area contributed by atoms with Gasteiger partial charge in [-0.15, -0.1) is 11.3 Å². The summed E-state index contributed by atoms with van der Waals surface area (Å²) in [6, 6.07) is 11.2. The van der Waals surface area contributed by atoms with Crippen LogP contribution in [0.1, 0.15) is 63.9 Å². The minimum atomic E-state index is -1.01. The Morgan fingerprint density at radius 1 is 1.00 bits per heavy atom. The largest absolute Gasteiger partial charge is 0.497 e. The molecule has 0 fully saturated rings. The van der Waals surface area contributed by atoms with Gasteiger partial charge in [-0.25, -0.2) is 15.0 Å². The van der Waals surface area contributed by atoms with Crippen molar-refractivity contribution in [1.82, 2.24) is 5.43 Å². The normalized spacial score (nSPS) is 14.0. The van der Waals surface area contributed by atoms with Gasteiger partial charge in [0.2, 0.25) is 0 Å². The third-order valence-electron chi connectivity index (χ3n) is 6.60. The molecule has 0 saturated carbocycles. The predicted molar refractivity (Wildman–Crippen MR) is 161 cm³/mol. The summed E-state index contributed by atoms with van der Waals surface area (Å²) in [6.07, 6.45) is 3.74. The number of thiophene rings is 1.